The first-order valence-electron chi connectivity index (χ1n) is 8.97. The lowest BCUT2D eigenvalue weighted by Gasteiger charge is -2.32. The first kappa shape index (κ1) is 17.9. The zero-order valence-corrected chi connectivity index (χ0v) is 15.9. The zero-order chi connectivity index (χ0) is 18.8. The third kappa shape index (κ3) is 3.52. The summed E-state index contributed by atoms with van der Waals surface area (Å²) < 4.78 is 5.24. The van der Waals surface area contributed by atoms with Gasteiger partial charge in [0.1, 0.15) is 17.3 Å². The van der Waals surface area contributed by atoms with Crippen LogP contribution in [-0.2, 0) is 16.1 Å². The molecule has 4 rings (SSSR count). The number of hydrogen-bond donors (Lipinski definition) is 1. The molecule has 7 heteroatoms. The van der Waals surface area contributed by atoms with Crippen LogP contribution in [0.1, 0.15) is 18.7 Å². The fraction of sp³-hybridized carbons (Fsp3) is 0.350. The predicted octanol–water partition coefficient (Wildman–Crippen LogP) is 3.81. The molecule has 1 aromatic carbocycles. The number of aliphatic carboxylic acids is 1. The van der Waals surface area contributed by atoms with E-state index in [1.165, 1.54) is 0 Å². The summed E-state index contributed by atoms with van der Waals surface area (Å²) in [6.07, 6.45) is 1.55. The Balaban J connectivity index is 1.85. The lowest BCUT2D eigenvalue weighted by molar-refractivity contribution is -0.141. The van der Waals surface area contributed by atoms with E-state index in [2.05, 4.69) is 27.4 Å². The number of rotatable bonds is 5. The van der Waals surface area contributed by atoms with Crippen molar-refractivity contribution in [2.75, 3.05) is 25.1 Å². The van der Waals surface area contributed by atoms with Crippen LogP contribution in [0.4, 0.5) is 5.82 Å². The van der Waals surface area contributed by atoms with Gasteiger partial charge in [-0.15, -0.1) is 11.3 Å². The number of methoxy groups -OCH3 is 1. The average Bonchev–Trinajstić information content (AvgIpc) is 3.12. The van der Waals surface area contributed by atoms with E-state index in [4.69, 9.17) is 9.72 Å². The summed E-state index contributed by atoms with van der Waals surface area (Å²) in [6, 6.07) is 10.2. The molecule has 3 aromatic rings. The van der Waals surface area contributed by atoms with Crippen LogP contribution in [0.15, 0.2) is 35.7 Å². The van der Waals surface area contributed by atoms with Crippen LogP contribution in [0.25, 0.3) is 21.3 Å². The molecule has 3 heterocycles. The van der Waals surface area contributed by atoms with Gasteiger partial charge >= 0.3 is 5.97 Å². The van der Waals surface area contributed by atoms with Gasteiger partial charge in [-0.05, 0) is 18.4 Å². The van der Waals surface area contributed by atoms with Gasteiger partial charge in [-0.25, -0.2) is 9.97 Å². The number of carbonyl (C=O) groups is 1. The first-order valence-corrected chi connectivity index (χ1v) is 9.85. The highest BCUT2D eigenvalue weighted by Crippen LogP contribution is 2.39. The van der Waals surface area contributed by atoms with E-state index in [1.54, 1.807) is 18.4 Å². The van der Waals surface area contributed by atoms with Crippen LogP contribution in [0, 0.1) is 5.92 Å². The molecule has 0 amide bonds. The van der Waals surface area contributed by atoms with Crippen LogP contribution in [0.2, 0.25) is 0 Å². The van der Waals surface area contributed by atoms with Crippen molar-refractivity contribution in [3.8, 4) is 11.1 Å². The van der Waals surface area contributed by atoms with Crippen LogP contribution in [0.3, 0.4) is 0 Å². The van der Waals surface area contributed by atoms with Crippen LogP contribution in [-0.4, -0.2) is 41.2 Å². The third-order valence-electron chi connectivity index (χ3n) is 4.89. The van der Waals surface area contributed by atoms with E-state index in [0.717, 1.165) is 40.1 Å². The SMILES string of the molecule is COCc1nc(N2CCCC(C(=O)O)C2)c2c(-c3ccccc3)csc2n1. The number of benzene rings is 1. The standard InChI is InChI=1S/C20H21N3O3S/c1-26-11-16-21-18(23-9-5-8-14(10-23)20(24)25)17-15(12-27-19(17)22-16)13-6-3-2-4-7-13/h2-4,6-7,12,14H,5,8-11H2,1H3,(H,24,25). The molecule has 0 radical (unpaired) electrons. The fourth-order valence-corrected chi connectivity index (χ4v) is 4.55. The molecular formula is C20H21N3O3S. The van der Waals surface area contributed by atoms with Gasteiger partial charge in [0, 0.05) is 31.1 Å². The quantitative estimate of drug-likeness (QED) is 0.722. The minimum Gasteiger partial charge on any atom is -0.481 e. The van der Waals surface area contributed by atoms with Gasteiger partial charge in [-0.2, -0.15) is 0 Å². The topological polar surface area (TPSA) is 75.5 Å². The van der Waals surface area contributed by atoms with Crippen LogP contribution < -0.4 is 4.90 Å². The largest absolute Gasteiger partial charge is 0.481 e. The number of ether oxygens (including phenoxy) is 1. The summed E-state index contributed by atoms with van der Waals surface area (Å²) in [4.78, 5) is 24.0. The molecule has 1 atom stereocenters. The Labute approximate surface area is 161 Å². The Hall–Kier alpha value is -2.51. The number of carboxylic acids is 1. The second-order valence-corrected chi connectivity index (χ2v) is 7.57. The second kappa shape index (κ2) is 7.62. The summed E-state index contributed by atoms with van der Waals surface area (Å²) in [5, 5.41) is 12.6. The molecule has 1 unspecified atom stereocenters. The molecule has 6 nitrogen and oxygen atoms in total. The second-order valence-electron chi connectivity index (χ2n) is 6.72. The molecule has 1 aliphatic rings. The molecule has 0 aliphatic carbocycles. The van der Waals surface area contributed by atoms with Crippen molar-refractivity contribution in [2.24, 2.45) is 5.92 Å². The number of anilines is 1. The molecular weight excluding hydrogens is 362 g/mol. The van der Waals surface area contributed by atoms with E-state index in [-0.39, 0.29) is 5.92 Å². The summed E-state index contributed by atoms with van der Waals surface area (Å²) in [5.41, 5.74) is 2.20. The average molecular weight is 383 g/mol. The van der Waals surface area contributed by atoms with Crippen molar-refractivity contribution < 1.29 is 14.6 Å². The lowest BCUT2D eigenvalue weighted by Crippen LogP contribution is -2.39. The maximum Gasteiger partial charge on any atom is 0.308 e. The van der Waals surface area contributed by atoms with Crippen molar-refractivity contribution in [2.45, 2.75) is 19.4 Å². The number of aromatic nitrogens is 2. The van der Waals surface area contributed by atoms with Gasteiger partial charge < -0.3 is 14.7 Å². The number of thiophene rings is 1. The zero-order valence-electron chi connectivity index (χ0n) is 15.1. The Bertz CT molecular complexity index is 958. The van der Waals surface area contributed by atoms with Crippen molar-refractivity contribution in [3.63, 3.8) is 0 Å². The van der Waals surface area contributed by atoms with Gasteiger partial charge in [0.05, 0.1) is 11.3 Å². The van der Waals surface area contributed by atoms with Crippen molar-refractivity contribution in [1.29, 1.82) is 0 Å². The molecule has 0 saturated carbocycles. The summed E-state index contributed by atoms with van der Waals surface area (Å²) in [5.74, 6) is 0.334. The minimum absolute atomic E-state index is 0.331. The first-order chi connectivity index (χ1) is 13.2. The summed E-state index contributed by atoms with van der Waals surface area (Å²) in [6.45, 7) is 1.60. The Morgan fingerprint density at radius 2 is 2.15 bits per heavy atom. The van der Waals surface area contributed by atoms with Gasteiger partial charge in [0.2, 0.25) is 0 Å². The summed E-state index contributed by atoms with van der Waals surface area (Å²) in [7, 11) is 1.62. The fourth-order valence-electron chi connectivity index (χ4n) is 3.59. The van der Waals surface area contributed by atoms with Gasteiger partial charge in [0.15, 0.2) is 5.82 Å². The van der Waals surface area contributed by atoms with E-state index < -0.39 is 5.97 Å². The Morgan fingerprint density at radius 3 is 2.89 bits per heavy atom. The monoisotopic (exact) mass is 383 g/mol. The van der Waals surface area contributed by atoms with E-state index in [1.807, 2.05) is 18.2 Å². The highest BCUT2D eigenvalue weighted by Gasteiger charge is 2.28. The smallest absolute Gasteiger partial charge is 0.308 e. The number of piperidine rings is 1. The molecule has 0 spiro atoms. The molecule has 27 heavy (non-hydrogen) atoms. The van der Waals surface area contributed by atoms with Crippen molar-refractivity contribution >= 4 is 33.3 Å². The van der Waals surface area contributed by atoms with E-state index in [0.29, 0.717) is 25.4 Å². The number of nitrogens with zero attached hydrogens (tertiary/aromatic N) is 3. The molecule has 0 bridgehead atoms. The Morgan fingerprint density at radius 1 is 1.33 bits per heavy atom. The molecule has 1 N–H and O–H groups in total. The minimum atomic E-state index is -0.740. The van der Waals surface area contributed by atoms with Crippen molar-refractivity contribution in [3.05, 3.63) is 41.5 Å². The van der Waals surface area contributed by atoms with Gasteiger partial charge in [0.25, 0.3) is 0 Å². The molecule has 140 valence electrons. The summed E-state index contributed by atoms with van der Waals surface area (Å²) >= 11 is 1.58. The van der Waals surface area contributed by atoms with Gasteiger partial charge in [-0.3, -0.25) is 4.79 Å². The molecule has 2 aromatic heterocycles. The van der Waals surface area contributed by atoms with Crippen LogP contribution >= 0.6 is 11.3 Å². The molecule has 1 aliphatic heterocycles. The number of fused-ring (bicyclic) bond motifs is 1. The number of carboxylic acid groups (broad SMARTS) is 1. The van der Waals surface area contributed by atoms with Crippen molar-refractivity contribution in [1.82, 2.24) is 9.97 Å². The van der Waals surface area contributed by atoms with E-state index in [9.17, 15) is 9.90 Å². The predicted molar refractivity (Wildman–Crippen MR) is 106 cm³/mol. The third-order valence-corrected chi connectivity index (χ3v) is 5.76. The number of hydrogen-bond acceptors (Lipinski definition) is 6. The normalized spacial score (nSPS) is 17.4. The van der Waals surface area contributed by atoms with Crippen LogP contribution in [0.5, 0.6) is 0 Å². The van der Waals surface area contributed by atoms with Gasteiger partial charge in [-0.1, -0.05) is 30.3 Å². The van der Waals surface area contributed by atoms with E-state index >= 15 is 0 Å². The maximum atomic E-state index is 11.5. The lowest BCUT2D eigenvalue weighted by atomic mass is 9.97. The maximum absolute atomic E-state index is 11.5. The Kier molecular flexibility index (Phi) is 5.05. The highest BCUT2D eigenvalue weighted by atomic mass is 32.1. The molecule has 1 fully saturated rings. The highest BCUT2D eigenvalue weighted by molar-refractivity contribution is 7.17. The molecule has 1 saturated heterocycles.